The van der Waals surface area contributed by atoms with Gasteiger partial charge in [0.15, 0.2) is 9.84 Å². The number of nitrogens with two attached hydrogens (primary N) is 1. The summed E-state index contributed by atoms with van der Waals surface area (Å²) in [6.07, 6.45) is 0. The third-order valence-corrected chi connectivity index (χ3v) is 6.89. The summed E-state index contributed by atoms with van der Waals surface area (Å²) in [5, 5.41) is -0.107. The van der Waals surface area contributed by atoms with Gasteiger partial charge in [0.1, 0.15) is 0 Å². The van der Waals surface area contributed by atoms with E-state index in [2.05, 4.69) is 0 Å². The third-order valence-electron chi connectivity index (χ3n) is 4.33. The molecule has 0 spiro atoms. The molecule has 0 aromatic heterocycles. The Bertz CT molecular complexity index is 792. The molecule has 1 aliphatic carbocycles. The zero-order valence-corrected chi connectivity index (χ0v) is 14.2. The second-order valence-electron chi connectivity index (χ2n) is 5.85. The maximum absolute atomic E-state index is 13.0. The van der Waals surface area contributed by atoms with E-state index in [-0.39, 0.29) is 17.4 Å². The van der Waals surface area contributed by atoms with Crippen LogP contribution in [-0.4, -0.2) is 32.9 Å². The summed E-state index contributed by atoms with van der Waals surface area (Å²) in [5.74, 6) is -0.315. The van der Waals surface area contributed by atoms with Crippen LogP contribution in [0.4, 0.5) is 0 Å². The van der Waals surface area contributed by atoms with Crippen molar-refractivity contribution in [3.63, 3.8) is 0 Å². The minimum absolute atomic E-state index is 0.178. The number of methoxy groups -OCH3 is 1. The highest BCUT2D eigenvalue weighted by atomic mass is 35.5. The van der Waals surface area contributed by atoms with E-state index < -0.39 is 20.6 Å². The van der Waals surface area contributed by atoms with E-state index in [1.54, 1.807) is 42.5 Å². The summed E-state index contributed by atoms with van der Waals surface area (Å²) >= 11 is 5.92. The smallest absolute Gasteiger partial charge is 0.183 e. The van der Waals surface area contributed by atoms with Gasteiger partial charge in [-0.1, -0.05) is 41.9 Å². The molecule has 2 N–H and O–H groups in total. The molecule has 1 fully saturated rings. The molecule has 0 saturated heterocycles. The first kappa shape index (κ1) is 16.5. The SMILES string of the molecule is COCC1(N)C(c2ccc(Cl)cc2)C1S(=O)(=O)c1ccccc1. The lowest BCUT2D eigenvalue weighted by atomic mass is 10.1. The molecule has 1 aliphatic rings. The molecule has 2 aromatic carbocycles. The van der Waals surface area contributed by atoms with Crippen molar-refractivity contribution < 1.29 is 13.2 Å². The van der Waals surface area contributed by atoms with Gasteiger partial charge < -0.3 is 10.5 Å². The van der Waals surface area contributed by atoms with Crippen LogP contribution in [0.15, 0.2) is 59.5 Å². The Hall–Kier alpha value is -1.40. The van der Waals surface area contributed by atoms with E-state index in [0.717, 1.165) is 5.56 Å². The first-order chi connectivity index (χ1) is 10.9. The third kappa shape index (κ3) is 2.78. The lowest BCUT2D eigenvalue weighted by molar-refractivity contribution is 0.171. The molecule has 1 saturated carbocycles. The van der Waals surface area contributed by atoms with Crippen molar-refractivity contribution in [2.24, 2.45) is 5.73 Å². The average Bonchev–Trinajstić information content (AvgIpc) is 3.15. The van der Waals surface area contributed by atoms with E-state index in [4.69, 9.17) is 22.1 Å². The zero-order valence-electron chi connectivity index (χ0n) is 12.6. The lowest BCUT2D eigenvalue weighted by Crippen LogP contribution is -2.35. The lowest BCUT2D eigenvalue weighted by Gasteiger charge is -2.11. The number of sulfone groups is 1. The predicted octanol–water partition coefficient (Wildman–Crippen LogP) is 2.62. The molecule has 0 bridgehead atoms. The zero-order chi connectivity index (χ0) is 16.7. The van der Waals surface area contributed by atoms with Crippen LogP contribution in [0, 0.1) is 0 Å². The highest BCUT2D eigenvalue weighted by Gasteiger charge is 2.69. The van der Waals surface area contributed by atoms with Gasteiger partial charge in [0.2, 0.25) is 0 Å². The molecule has 3 unspecified atom stereocenters. The number of hydrogen-bond donors (Lipinski definition) is 1. The predicted molar refractivity (Wildman–Crippen MR) is 90.4 cm³/mol. The Kier molecular flexibility index (Phi) is 4.23. The van der Waals surface area contributed by atoms with Crippen LogP contribution >= 0.6 is 11.6 Å². The summed E-state index contributed by atoms with van der Waals surface area (Å²) in [6.45, 7) is 0.178. The van der Waals surface area contributed by atoms with E-state index in [9.17, 15) is 8.42 Å². The highest BCUT2D eigenvalue weighted by molar-refractivity contribution is 7.92. The van der Waals surface area contributed by atoms with Crippen LogP contribution in [0.25, 0.3) is 0 Å². The fraction of sp³-hybridized carbons (Fsp3) is 0.294. The van der Waals surface area contributed by atoms with Crippen molar-refractivity contribution in [3.05, 3.63) is 65.2 Å². The number of halogens is 1. The average molecular weight is 352 g/mol. The standard InChI is InChI=1S/C17H18ClNO3S/c1-22-11-17(19)15(12-7-9-13(18)10-8-12)16(17)23(20,21)14-5-3-2-4-6-14/h2-10,15-16H,11,19H2,1H3. The van der Waals surface area contributed by atoms with Gasteiger partial charge in [-0.15, -0.1) is 0 Å². The van der Waals surface area contributed by atoms with Gasteiger partial charge >= 0.3 is 0 Å². The second kappa shape index (κ2) is 5.91. The van der Waals surface area contributed by atoms with Crippen LogP contribution in [0.3, 0.4) is 0 Å². The van der Waals surface area contributed by atoms with Crippen LogP contribution < -0.4 is 5.73 Å². The first-order valence-corrected chi connectivity index (χ1v) is 9.16. The normalized spacial score (nSPS) is 26.9. The van der Waals surface area contributed by atoms with Crippen molar-refractivity contribution in [1.29, 1.82) is 0 Å². The number of rotatable bonds is 5. The van der Waals surface area contributed by atoms with Crippen molar-refractivity contribution in [1.82, 2.24) is 0 Å². The van der Waals surface area contributed by atoms with Crippen molar-refractivity contribution in [2.75, 3.05) is 13.7 Å². The van der Waals surface area contributed by atoms with Crippen molar-refractivity contribution in [3.8, 4) is 0 Å². The Labute approximate surface area is 141 Å². The van der Waals surface area contributed by atoms with Crippen molar-refractivity contribution in [2.45, 2.75) is 21.6 Å². The van der Waals surface area contributed by atoms with E-state index in [1.807, 2.05) is 12.1 Å². The minimum Gasteiger partial charge on any atom is -0.383 e. The number of ether oxygens (including phenoxy) is 1. The van der Waals surface area contributed by atoms with Crippen LogP contribution in [0.1, 0.15) is 11.5 Å². The van der Waals surface area contributed by atoms with Gasteiger partial charge in [-0.25, -0.2) is 8.42 Å². The molecule has 0 radical (unpaired) electrons. The summed E-state index contributed by atoms with van der Waals surface area (Å²) in [7, 11) is -2.02. The minimum atomic E-state index is -3.54. The van der Waals surface area contributed by atoms with Gasteiger partial charge in [0.25, 0.3) is 0 Å². The quantitative estimate of drug-likeness (QED) is 0.899. The maximum Gasteiger partial charge on any atom is 0.183 e. The molecule has 3 atom stereocenters. The fourth-order valence-corrected chi connectivity index (χ4v) is 5.66. The van der Waals surface area contributed by atoms with Gasteiger partial charge in [-0.05, 0) is 29.8 Å². The van der Waals surface area contributed by atoms with E-state index >= 15 is 0 Å². The van der Waals surface area contributed by atoms with Gasteiger partial charge in [-0.3, -0.25) is 0 Å². The molecule has 0 amide bonds. The largest absolute Gasteiger partial charge is 0.383 e. The molecule has 122 valence electrons. The highest BCUT2D eigenvalue weighted by Crippen LogP contribution is 2.55. The first-order valence-electron chi connectivity index (χ1n) is 7.23. The van der Waals surface area contributed by atoms with Crippen LogP contribution in [0.2, 0.25) is 5.02 Å². The topological polar surface area (TPSA) is 69.4 Å². The molecule has 23 heavy (non-hydrogen) atoms. The van der Waals surface area contributed by atoms with Gasteiger partial charge in [0, 0.05) is 18.1 Å². The van der Waals surface area contributed by atoms with Gasteiger partial charge in [-0.2, -0.15) is 0 Å². The summed E-state index contributed by atoms with van der Waals surface area (Å²) in [5.41, 5.74) is 6.33. The molecule has 6 heteroatoms. The Balaban J connectivity index is 2.01. The molecule has 0 heterocycles. The summed E-state index contributed by atoms with van der Waals surface area (Å²) < 4.78 is 31.1. The molecular weight excluding hydrogens is 334 g/mol. The summed E-state index contributed by atoms with van der Waals surface area (Å²) in [6, 6.07) is 15.5. The molecule has 0 aliphatic heterocycles. The van der Waals surface area contributed by atoms with Gasteiger partial charge in [0.05, 0.1) is 22.3 Å². The maximum atomic E-state index is 13.0. The fourth-order valence-electron chi connectivity index (χ4n) is 3.22. The Morgan fingerprint density at radius 2 is 1.74 bits per heavy atom. The van der Waals surface area contributed by atoms with Crippen LogP contribution in [-0.2, 0) is 14.6 Å². The van der Waals surface area contributed by atoms with Crippen molar-refractivity contribution >= 4 is 21.4 Å². The van der Waals surface area contributed by atoms with E-state index in [0.29, 0.717) is 5.02 Å². The second-order valence-corrected chi connectivity index (χ2v) is 8.36. The monoisotopic (exact) mass is 351 g/mol. The van der Waals surface area contributed by atoms with Crippen LogP contribution in [0.5, 0.6) is 0 Å². The Morgan fingerprint density at radius 3 is 2.30 bits per heavy atom. The molecular formula is C17H18ClNO3S. The van der Waals surface area contributed by atoms with E-state index in [1.165, 1.54) is 7.11 Å². The summed E-state index contributed by atoms with van der Waals surface area (Å²) in [4.78, 5) is 0.285. The number of benzene rings is 2. The number of hydrogen-bond acceptors (Lipinski definition) is 4. The Morgan fingerprint density at radius 1 is 1.13 bits per heavy atom. The molecule has 3 rings (SSSR count). The molecule has 2 aromatic rings. The molecule has 4 nitrogen and oxygen atoms in total.